The lowest BCUT2D eigenvalue weighted by molar-refractivity contribution is -0.142. The third-order valence-electron chi connectivity index (χ3n) is 16.2. The summed E-state index contributed by atoms with van der Waals surface area (Å²) in [5, 5.41) is 50.4. The van der Waals surface area contributed by atoms with Gasteiger partial charge in [-0.1, -0.05) is 92.2 Å². The van der Waals surface area contributed by atoms with Crippen molar-refractivity contribution in [1.29, 1.82) is 0 Å². The van der Waals surface area contributed by atoms with Gasteiger partial charge >= 0.3 is 6.01 Å². The fourth-order valence-electron chi connectivity index (χ4n) is 12.1. The molecule has 12 rings (SSSR count). The van der Waals surface area contributed by atoms with Gasteiger partial charge in [0.1, 0.15) is 59.1 Å². The monoisotopic (exact) mass is 1130 g/mol. The molecule has 4 aliphatic rings. The van der Waals surface area contributed by atoms with E-state index in [4.69, 9.17) is 40.8 Å². The molecule has 0 radical (unpaired) electrons. The van der Waals surface area contributed by atoms with Crippen molar-refractivity contribution < 1.29 is 43.5 Å². The number of rotatable bonds is 17. The first kappa shape index (κ1) is 54.7. The van der Waals surface area contributed by atoms with Crippen LogP contribution in [-0.4, -0.2) is 137 Å². The van der Waals surface area contributed by atoms with E-state index in [9.17, 15) is 24.9 Å². The molecule has 5 N–H and O–H groups in total. The first-order valence-electron chi connectivity index (χ1n) is 28.0. The van der Waals surface area contributed by atoms with Crippen molar-refractivity contribution in [3.63, 3.8) is 0 Å². The van der Waals surface area contributed by atoms with Gasteiger partial charge in [-0.25, -0.2) is 9.07 Å². The summed E-state index contributed by atoms with van der Waals surface area (Å²) in [7, 11) is 0. The maximum Gasteiger partial charge on any atom is 0.319 e. The van der Waals surface area contributed by atoms with E-state index < -0.39 is 42.7 Å². The molecule has 82 heavy (non-hydrogen) atoms. The van der Waals surface area contributed by atoms with Crippen molar-refractivity contribution >= 4 is 50.9 Å². The van der Waals surface area contributed by atoms with Gasteiger partial charge in [0, 0.05) is 80.1 Å². The molecule has 0 unspecified atom stereocenters. The maximum atomic E-state index is 15.7. The molecule has 424 valence electrons. The molecule has 4 aromatic carbocycles. The first-order chi connectivity index (χ1) is 39.8. The summed E-state index contributed by atoms with van der Waals surface area (Å²) < 4.78 is 36.3. The van der Waals surface area contributed by atoms with Crippen LogP contribution in [0.25, 0.3) is 55.4 Å². The number of aromatic nitrogens is 7. The number of phenolic OH excluding ortho intramolecular Hbond substituents is 1. The molecule has 8 aromatic rings. The lowest BCUT2D eigenvalue weighted by Gasteiger charge is -2.30. The van der Waals surface area contributed by atoms with Gasteiger partial charge in [-0.05, 0) is 76.6 Å². The molecular weight excluding hydrogens is 1070 g/mol. The molecule has 0 aliphatic carbocycles. The van der Waals surface area contributed by atoms with Crippen LogP contribution in [0.3, 0.4) is 0 Å². The zero-order chi connectivity index (χ0) is 56.8. The Hall–Kier alpha value is -7.88. The Labute approximate surface area is 477 Å². The second-order valence-corrected chi connectivity index (χ2v) is 22.3. The summed E-state index contributed by atoms with van der Waals surface area (Å²) in [5.41, 5.74) is 5.76. The number of nitrogens with one attached hydrogen (secondary N) is 2. The van der Waals surface area contributed by atoms with E-state index in [1.54, 1.807) is 61.1 Å². The number of hydrogen-bond donors (Lipinski definition) is 5. The number of pyridine rings is 2. The Morgan fingerprint density at radius 3 is 2.48 bits per heavy atom. The third kappa shape index (κ3) is 10.8. The van der Waals surface area contributed by atoms with Gasteiger partial charge in [0.2, 0.25) is 11.8 Å². The lowest BCUT2D eigenvalue weighted by Crippen LogP contribution is -2.50. The molecule has 4 aromatic heterocycles. The number of carbonyl (C=O) groups excluding carboxylic acids is 2. The van der Waals surface area contributed by atoms with Crippen LogP contribution in [0.5, 0.6) is 17.5 Å². The van der Waals surface area contributed by atoms with Crippen LogP contribution in [0.4, 0.5) is 10.2 Å². The minimum absolute atomic E-state index is 0.0132. The van der Waals surface area contributed by atoms with E-state index in [-0.39, 0.29) is 55.2 Å². The molecular formula is C61H63ClFN11O8. The molecule has 4 fully saturated rings. The average Bonchev–Trinajstić information content (AvgIpc) is 3.68. The number of aryl methyl sites for hydroxylation is 1. The number of anilines is 1. The van der Waals surface area contributed by atoms with Crippen molar-refractivity contribution in [2.45, 2.75) is 102 Å². The Balaban J connectivity index is 0.815. The van der Waals surface area contributed by atoms with E-state index in [1.165, 1.54) is 15.6 Å². The number of carbonyl (C=O) groups is 2. The molecule has 21 heteroatoms. The van der Waals surface area contributed by atoms with E-state index in [1.807, 2.05) is 57.2 Å². The highest BCUT2D eigenvalue weighted by atomic mass is 35.5. The number of aliphatic hydroxyl groups excluding tert-OH is 2. The maximum absolute atomic E-state index is 15.7. The molecule has 6 atom stereocenters. The van der Waals surface area contributed by atoms with E-state index >= 15 is 4.39 Å². The first-order valence-corrected chi connectivity index (χ1v) is 28.3. The van der Waals surface area contributed by atoms with Crippen molar-refractivity contribution in [3.8, 4) is 51.3 Å². The van der Waals surface area contributed by atoms with E-state index in [2.05, 4.69) is 30.8 Å². The molecule has 4 saturated heterocycles. The molecule has 4 aliphatic heterocycles. The zero-order valence-electron chi connectivity index (χ0n) is 45.6. The van der Waals surface area contributed by atoms with Crippen LogP contribution in [0.1, 0.15) is 75.2 Å². The number of nitrogens with zero attached hydrogens (tertiary/aromatic N) is 9. The molecule has 2 bridgehead atoms. The number of aromatic hydroxyl groups is 1. The standard InChI is InChI=1S/C61H63ClFN11O8/c1-4-44-48(63)16-15-38-22-41(76)24-45(52(38)44)54-57(55-46(27-66-54)58(72-28-39-23-40(72)26-65-39)69-61(68-55)82-43-17-20-80-21-18-43)81-32-34-7-9-35(10-8-34)49-30-74(71-70-49)56(33(2)3)60(79)73-29-42(77)25-51(73)59(78)67-50(31-75)36-11-13-37(14-12-36)53-47(62)6-5-19-64-53/h5-16,19,22,24,27,30,33,39-40,42-43,50-51,56,65,75-77H,4,17-18,20-21,23,25-26,28-29,31-32H2,1-3H3,(H,67,78)/t39-,40-,42+,50-,51-,56-/m0/s1. The summed E-state index contributed by atoms with van der Waals surface area (Å²) >= 11 is 6.37. The highest BCUT2D eigenvalue weighted by Crippen LogP contribution is 2.45. The average molecular weight is 1130 g/mol. The number of aliphatic hydroxyl groups is 2. The highest BCUT2D eigenvalue weighted by molar-refractivity contribution is 6.33. The molecule has 19 nitrogen and oxygen atoms in total. The highest BCUT2D eigenvalue weighted by Gasteiger charge is 2.44. The normalized spacial score (nSPS) is 19.8. The van der Waals surface area contributed by atoms with Crippen LogP contribution in [-0.2, 0) is 27.4 Å². The summed E-state index contributed by atoms with van der Waals surface area (Å²) in [5.74, 6) is -0.608. The van der Waals surface area contributed by atoms with E-state index in [0.717, 1.165) is 30.6 Å². The minimum Gasteiger partial charge on any atom is -0.508 e. The number of fused-ring (bicyclic) bond motifs is 4. The summed E-state index contributed by atoms with van der Waals surface area (Å²) in [6.45, 7) is 7.91. The predicted octanol–water partition coefficient (Wildman–Crippen LogP) is 7.92. The quantitative estimate of drug-likeness (QED) is 0.0582. The molecule has 2 amide bonds. The van der Waals surface area contributed by atoms with Gasteiger partial charge in [0.15, 0.2) is 5.75 Å². The molecule has 0 saturated carbocycles. The number of likely N-dealkylation sites (tertiary alicyclic amines) is 1. The number of β-amino-alcohol motifs (C(OH)–C–C–N with tert-alkyl or cyclic N) is 1. The van der Waals surface area contributed by atoms with Crippen LogP contribution in [0.15, 0.2) is 104 Å². The number of hydrogen-bond acceptors (Lipinski definition) is 16. The zero-order valence-corrected chi connectivity index (χ0v) is 46.3. The Morgan fingerprint density at radius 2 is 1.76 bits per heavy atom. The summed E-state index contributed by atoms with van der Waals surface area (Å²) in [6, 6.07) is 22.5. The number of halogens is 2. The van der Waals surface area contributed by atoms with Crippen LogP contribution >= 0.6 is 11.6 Å². The lowest BCUT2D eigenvalue weighted by atomic mass is 9.94. The van der Waals surface area contributed by atoms with Gasteiger partial charge in [-0.2, -0.15) is 9.97 Å². The van der Waals surface area contributed by atoms with Gasteiger partial charge < -0.3 is 50.0 Å². The number of benzene rings is 4. The predicted molar refractivity (Wildman–Crippen MR) is 306 cm³/mol. The topological polar surface area (TPSA) is 235 Å². The van der Waals surface area contributed by atoms with Crippen LogP contribution in [0, 0.1) is 11.7 Å². The Morgan fingerprint density at radius 1 is 0.963 bits per heavy atom. The summed E-state index contributed by atoms with van der Waals surface area (Å²) in [4.78, 5) is 51.9. The number of phenols is 1. The fourth-order valence-corrected chi connectivity index (χ4v) is 12.3. The number of amides is 2. The van der Waals surface area contributed by atoms with Gasteiger partial charge in [0.25, 0.3) is 0 Å². The van der Waals surface area contributed by atoms with Gasteiger partial charge in [-0.3, -0.25) is 19.6 Å². The van der Waals surface area contributed by atoms with E-state index in [0.29, 0.717) is 116 Å². The molecule has 0 spiro atoms. The minimum atomic E-state index is -1.02. The second kappa shape index (κ2) is 23.2. The Bertz CT molecular complexity index is 3680. The van der Waals surface area contributed by atoms with Crippen molar-refractivity contribution in [3.05, 3.63) is 131 Å². The second-order valence-electron chi connectivity index (χ2n) is 21.9. The van der Waals surface area contributed by atoms with Crippen LogP contribution < -0.4 is 25.0 Å². The van der Waals surface area contributed by atoms with Gasteiger partial charge in [-0.15, -0.1) is 5.10 Å². The fraction of sp³-hybridized carbons (Fsp3) is 0.377. The number of ether oxygens (including phenoxy) is 3. The van der Waals surface area contributed by atoms with Gasteiger partial charge in [0.05, 0.1) is 54.3 Å². The largest absolute Gasteiger partial charge is 0.508 e. The van der Waals surface area contributed by atoms with Crippen LogP contribution in [0.2, 0.25) is 5.02 Å². The SMILES string of the molecule is CCc1c(F)ccc2cc(O)cc(-c3ncc4c(N5C[C@@H]6C[C@H]5CN6)nc(OC5CCOCC5)nc4c3OCc3ccc(-c4cn([C@H](C(=O)N5C[C@H](O)C[C@H]5C(=O)N[C@@H](CO)c5ccc(-c6ncccc6Cl)cc5)C(C)C)nn4)cc3)c12. The molecule has 8 heterocycles. The van der Waals surface area contributed by atoms with Crippen molar-refractivity contribution in [2.75, 3.05) is 44.4 Å². The smallest absolute Gasteiger partial charge is 0.319 e. The number of piperazine rings is 1. The van der Waals surface area contributed by atoms with Crippen molar-refractivity contribution in [1.82, 2.24) is 50.5 Å². The van der Waals surface area contributed by atoms with Crippen molar-refractivity contribution in [2.24, 2.45) is 5.92 Å². The summed E-state index contributed by atoms with van der Waals surface area (Å²) in [6.07, 6.45) is 6.72. The Kier molecular flexibility index (Phi) is 15.5. The third-order valence-corrected chi connectivity index (χ3v) is 16.5.